The summed E-state index contributed by atoms with van der Waals surface area (Å²) in [4.78, 5) is 19.7. The van der Waals surface area contributed by atoms with Gasteiger partial charge in [-0.05, 0) is 12.2 Å². The van der Waals surface area contributed by atoms with Crippen LogP contribution in [0.2, 0.25) is 0 Å². The summed E-state index contributed by atoms with van der Waals surface area (Å²) in [6.07, 6.45) is -1.92. The van der Waals surface area contributed by atoms with Crippen LogP contribution < -0.4 is 10.2 Å². The number of aliphatic carboxylic acids is 2. The molecule has 0 bridgehead atoms. The molecule has 0 N–H and O–H groups in total. The Morgan fingerprint density at radius 1 is 0.833 bits per heavy atom. The van der Waals surface area contributed by atoms with E-state index >= 15 is 0 Å². The molecule has 0 heterocycles. The third-order valence-electron chi connectivity index (χ3n) is 1.79. The smallest absolute Gasteiger partial charge is 0.313 e. The van der Waals surface area contributed by atoms with Crippen LogP contribution in [0.1, 0.15) is 12.8 Å². The topological polar surface area (TPSA) is 80.3 Å². The molecule has 0 aliphatic carbocycles. The number of carbonyl (C=O) groups excluding carboxylic acids is 2. The van der Waals surface area contributed by atoms with Crippen molar-refractivity contribution in [2.75, 3.05) is 0 Å². The van der Waals surface area contributed by atoms with Crippen LogP contribution in [0.25, 0.3) is 0 Å². The lowest BCUT2D eigenvalue weighted by Crippen LogP contribution is -2.39. The summed E-state index contributed by atoms with van der Waals surface area (Å²) in [6.45, 7) is 0. The summed E-state index contributed by atoms with van der Waals surface area (Å²) in [5.41, 5.74) is 0. The van der Waals surface area contributed by atoms with Crippen molar-refractivity contribution >= 4 is 11.9 Å². The van der Waals surface area contributed by atoms with Crippen LogP contribution in [0, 0.1) is 0 Å². The van der Waals surface area contributed by atoms with Gasteiger partial charge in [-0.2, -0.15) is 17.6 Å². The van der Waals surface area contributed by atoms with E-state index in [1.807, 2.05) is 0 Å². The number of halogens is 4. The largest absolute Gasteiger partial charge is 0.545 e. The van der Waals surface area contributed by atoms with Crippen molar-refractivity contribution < 1.29 is 37.4 Å². The average molecular weight is 268 g/mol. The molecule has 18 heavy (non-hydrogen) atoms. The molecule has 0 aliphatic rings. The SMILES string of the molecule is O=C([O-])C=CCC(F)(F)C(F)(F)CC=CC(=O)[O-]. The lowest BCUT2D eigenvalue weighted by Gasteiger charge is -2.24. The number of hydrogen-bond acceptors (Lipinski definition) is 4. The molecule has 0 aliphatic heterocycles. The van der Waals surface area contributed by atoms with Crippen LogP contribution in [0.3, 0.4) is 0 Å². The Morgan fingerprint density at radius 2 is 1.11 bits per heavy atom. The Hall–Kier alpha value is -1.86. The highest BCUT2D eigenvalue weighted by atomic mass is 19.3. The molecule has 0 aromatic rings. The van der Waals surface area contributed by atoms with E-state index in [0.29, 0.717) is 12.2 Å². The van der Waals surface area contributed by atoms with E-state index < -0.39 is 36.6 Å². The molecule has 0 atom stereocenters. The first kappa shape index (κ1) is 16.1. The lowest BCUT2D eigenvalue weighted by molar-refractivity contribution is -0.299. The van der Waals surface area contributed by atoms with Gasteiger partial charge in [0.2, 0.25) is 0 Å². The van der Waals surface area contributed by atoms with Gasteiger partial charge in [-0.25, -0.2) is 0 Å². The first-order valence-electron chi connectivity index (χ1n) is 4.59. The van der Waals surface area contributed by atoms with Crippen LogP contribution in [-0.2, 0) is 9.59 Å². The predicted octanol–water partition coefficient (Wildman–Crippen LogP) is -0.351. The second kappa shape index (κ2) is 6.18. The molecular weight excluding hydrogens is 260 g/mol. The van der Waals surface area contributed by atoms with E-state index in [1.54, 1.807) is 0 Å². The molecule has 0 saturated carbocycles. The quantitative estimate of drug-likeness (QED) is 0.467. The number of allylic oxidation sites excluding steroid dienone is 2. The molecule has 102 valence electrons. The van der Waals surface area contributed by atoms with Crippen molar-refractivity contribution in [3.8, 4) is 0 Å². The fourth-order valence-electron chi connectivity index (χ4n) is 0.905. The molecule has 0 fully saturated rings. The van der Waals surface area contributed by atoms with Crippen LogP contribution in [0.4, 0.5) is 17.6 Å². The van der Waals surface area contributed by atoms with Gasteiger partial charge in [0.05, 0.1) is 11.9 Å². The van der Waals surface area contributed by atoms with Gasteiger partial charge in [0, 0.05) is 12.8 Å². The summed E-state index contributed by atoms with van der Waals surface area (Å²) in [7, 11) is 0. The maximum Gasteiger partial charge on any atom is 0.313 e. The number of carboxylic acid groups (broad SMARTS) is 2. The molecule has 0 aromatic heterocycles. The van der Waals surface area contributed by atoms with Crippen molar-refractivity contribution in [1.82, 2.24) is 0 Å². The first-order chi connectivity index (χ1) is 8.08. The number of carbonyl (C=O) groups is 2. The Kier molecular flexibility index (Phi) is 5.54. The molecule has 0 aromatic carbocycles. The molecule has 0 unspecified atom stereocenters. The summed E-state index contributed by atoms with van der Waals surface area (Å²) in [5.74, 6) is -12.6. The Bertz CT molecular complexity index is 338. The highest BCUT2D eigenvalue weighted by molar-refractivity contribution is 5.77. The number of hydrogen-bond donors (Lipinski definition) is 0. The number of carboxylic acids is 2. The van der Waals surface area contributed by atoms with Crippen molar-refractivity contribution in [2.24, 2.45) is 0 Å². The van der Waals surface area contributed by atoms with Crippen molar-refractivity contribution in [2.45, 2.75) is 24.7 Å². The normalized spacial score (nSPS) is 13.3. The van der Waals surface area contributed by atoms with E-state index in [1.165, 1.54) is 0 Å². The van der Waals surface area contributed by atoms with Crippen LogP contribution in [-0.4, -0.2) is 23.8 Å². The highest BCUT2D eigenvalue weighted by Gasteiger charge is 2.53. The fraction of sp³-hybridized carbons (Fsp3) is 0.400. The minimum absolute atomic E-state index is 0.209. The van der Waals surface area contributed by atoms with Crippen LogP contribution in [0.15, 0.2) is 24.3 Å². The summed E-state index contributed by atoms with van der Waals surface area (Å²) >= 11 is 0. The van der Waals surface area contributed by atoms with E-state index in [4.69, 9.17) is 0 Å². The van der Waals surface area contributed by atoms with Crippen molar-refractivity contribution in [3.05, 3.63) is 24.3 Å². The van der Waals surface area contributed by atoms with E-state index in [9.17, 15) is 37.4 Å². The molecular formula is C10H8F4O4-2. The molecule has 0 radical (unpaired) electrons. The molecule has 4 nitrogen and oxygen atoms in total. The number of rotatable bonds is 7. The second-order valence-electron chi connectivity index (χ2n) is 3.26. The van der Waals surface area contributed by atoms with Crippen LogP contribution >= 0.6 is 0 Å². The van der Waals surface area contributed by atoms with Gasteiger partial charge in [0.1, 0.15) is 0 Å². The Morgan fingerprint density at radius 3 is 1.33 bits per heavy atom. The standard InChI is InChI=1S/C10H10F4O4/c11-9(12,5-1-3-7(15)16)10(13,14)6-2-4-8(17)18/h1-4H,5-6H2,(H,15,16)(H,17,18)/p-2. The molecule has 8 heteroatoms. The van der Waals surface area contributed by atoms with E-state index in [-0.39, 0.29) is 12.2 Å². The van der Waals surface area contributed by atoms with Gasteiger partial charge in [-0.15, -0.1) is 0 Å². The third-order valence-corrected chi connectivity index (χ3v) is 1.79. The lowest BCUT2D eigenvalue weighted by atomic mass is 10.0. The second-order valence-corrected chi connectivity index (χ2v) is 3.26. The zero-order valence-electron chi connectivity index (χ0n) is 8.87. The zero-order chi connectivity index (χ0) is 14.4. The van der Waals surface area contributed by atoms with Gasteiger partial charge in [-0.3, -0.25) is 0 Å². The van der Waals surface area contributed by atoms with Gasteiger partial charge < -0.3 is 19.8 Å². The van der Waals surface area contributed by atoms with Gasteiger partial charge >= 0.3 is 11.8 Å². The Labute approximate surface area is 99.2 Å². The summed E-state index contributed by atoms with van der Waals surface area (Å²) in [5, 5.41) is 19.7. The number of alkyl halides is 4. The van der Waals surface area contributed by atoms with Gasteiger partial charge in [-0.1, -0.05) is 12.2 Å². The maximum absolute atomic E-state index is 13.0. The van der Waals surface area contributed by atoms with Gasteiger partial charge in [0.25, 0.3) is 0 Å². The van der Waals surface area contributed by atoms with Crippen molar-refractivity contribution in [3.63, 3.8) is 0 Å². The molecule has 0 saturated heterocycles. The fourth-order valence-corrected chi connectivity index (χ4v) is 0.905. The highest BCUT2D eigenvalue weighted by Crippen LogP contribution is 2.39. The van der Waals surface area contributed by atoms with E-state index in [2.05, 4.69) is 0 Å². The molecule has 0 amide bonds. The minimum atomic E-state index is -4.50. The predicted molar refractivity (Wildman–Crippen MR) is 47.4 cm³/mol. The zero-order valence-corrected chi connectivity index (χ0v) is 8.87. The summed E-state index contributed by atoms with van der Waals surface area (Å²) in [6, 6.07) is 0. The van der Waals surface area contributed by atoms with E-state index in [0.717, 1.165) is 0 Å². The third kappa shape index (κ3) is 5.46. The first-order valence-corrected chi connectivity index (χ1v) is 4.59. The van der Waals surface area contributed by atoms with Gasteiger partial charge in [0.15, 0.2) is 0 Å². The van der Waals surface area contributed by atoms with Crippen molar-refractivity contribution in [1.29, 1.82) is 0 Å². The average Bonchev–Trinajstić information content (AvgIpc) is 2.15. The molecule has 0 spiro atoms. The molecule has 0 rings (SSSR count). The maximum atomic E-state index is 13.0. The van der Waals surface area contributed by atoms with Crippen LogP contribution in [0.5, 0.6) is 0 Å². The monoisotopic (exact) mass is 268 g/mol. The summed E-state index contributed by atoms with van der Waals surface area (Å²) < 4.78 is 51.9. The Balaban J connectivity index is 4.63. The minimum Gasteiger partial charge on any atom is -0.545 e.